The highest BCUT2D eigenvalue weighted by atomic mass is 16.2. The van der Waals surface area contributed by atoms with Crippen molar-refractivity contribution < 1.29 is 4.79 Å². The number of nitriles is 1. The number of aromatic nitrogens is 2. The van der Waals surface area contributed by atoms with Crippen molar-refractivity contribution in [3.63, 3.8) is 0 Å². The summed E-state index contributed by atoms with van der Waals surface area (Å²) in [6.07, 6.45) is 5.14. The standard InChI is InChI=1S/C23H24N4O/c1-4-5-6-12-27-22(28)17-10-11-19(26-21(17)23(27,2)3)18-14-25-20-15(13-24)8-7-9-16(18)20/h7-11,14,25H,4-6,12H2,1-3H3. The highest BCUT2D eigenvalue weighted by molar-refractivity contribution is 6.01. The van der Waals surface area contributed by atoms with Gasteiger partial charge in [0.15, 0.2) is 0 Å². The molecule has 2 aromatic heterocycles. The molecule has 1 aliphatic heterocycles. The number of fused-ring (bicyclic) bond motifs is 2. The number of nitrogens with zero attached hydrogens (tertiary/aromatic N) is 3. The first-order valence-electron chi connectivity index (χ1n) is 9.83. The highest BCUT2D eigenvalue weighted by Gasteiger charge is 2.44. The molecule has 5 heteroatoms. The lowest BCUT2D eigenvalue weighted by Gasteiger charge is -2.31. The molecule has 0 unspecified atom stereocenters. The molecule has 1 amide bonds. The van der Waals surface area contributed by atoms with Crippen molar-refractivity contribution in [2.75, 3.05) is 6.54 Å². The summed E-state index contributed by atoms with van der Waals surface area (Å²) in [5, 5.41) is 10.3. The van der Waals surface area contributed by atoms with E-state index < -0.39 is 5.54 Å². The van der Waals surface area contributed by atoms with Crippen molar-refractivity contribution in [1.82, 2.24) is 14.9 Å². The molecule has 4 rings (SSSR count). The number of aromatic amines is 1. The number of H-pyrrole nitrogens is 1. The molecule has 0 fully saturated rings. The van der Waals surface area contributed by atoms with Gasteiger partial charge in [-0.3, -0.25) is 4.79 Å². The average Bonchev–Trinajstić information content (AvgIpc) is 3.21. The number of nitrogens with one attached hydrogen (secondary N) is 1. The van der Waals surface area contributed by atoms with Crippen LogP contribution in [-0.4, -0.2) is 27.3 Å². The number of amides is 1. The summed E-state index contributed by atoms with van der Waals surface area (Å²) in [7, 11) is 0. The molecule has 1 N–H and O–H groups in total. The van der Waals surface area contributed by atoms with Gasteiger partial charge in [0, 0.05) is 23.7 Å². The van der Waals surface area contributed by atoms with E-state index >= 15 is 0 Å². The third kappa shape index (κ3) is 2.68. The molecule has 0 saturated carbocycles. The first kappa shape index (κ1) is 18.2. The lowest BCUT2D eigenvalue weighted by Crippen LogP contribution is -2.40. The van der Waals surface area contributed by atoms with Gasteiger partial charge in [0.05, 0.1) is 33.6 Å². The zero-order chi connectivity index (χ0) is 19.9. The van der Waals surface area contributed by atoms with E-state index in [-0.39, 0.29) is 5.91 Å². The summed E-state index contributed by atoms with van der Waals surface area (Å²) >= 11 is 0. The maximum absolute atomic E-state index is 12.9. The van der Waals surface area contributed by atoms with Gasteiger partial charge in [-0.2, -0.15) is 5.26 Å². The van der Waals surface area contributed by atoms with E-state index in [0.29, 0.717) is 11.1 Å². The highest BCUT2D eigenvalue weighted by Crippen LogP contribution is 2.39. The van der Waals surface area contributed by atoms with Gasteiger partial charge in [-0.1, -0.05) is 31.9 Å². The molecule has 0 spiro atoms. The first-order valence-corrected chi connectivity index (χ1v) is 9.83. The van der Waals surface area contributed by atoms with E-state index in [0.717, 1.165) is 53.7 Å². The van der Waals surface area contributed by atoms with Crippen LogP contribution >= 0.6 is 0 Å². The van der Waals surface area contributed by atoms with Gasteiger partial charge in [-0.25, -0.2) is 4.98 Å². The smallest absolute Gasteiger partial charge is 0.256 e. The molecular weight excluding hydrogens is 348 g/mol. The lowest BCUT2D eigenvalue weighted by molar-refractivity contribution is 0.0609. The van der Waals surface area contributed by atoms with Gasteiger partial charge < -0.3 is 9.88 Å². The number of carbonyl (C=O) groups excluding carboxylic acids is 1. The third-order valence-corrected chi connectivity index (χ3v) is 5.72. The third-order valence-electron chi connectivity index (χ3n) is 5.72. The van der Waals surface area contributed by atoms with Crippen LogP contribution in [0.15, 0.2) is 36.5 Å². The van der Waals surface area contributed by atoms with Crippen LogP contribution in [-0.2, 0) is 5.54 Å². The fourth-order valence-electron chi connectivity index (χ4n) is 4.14. The number of unbranched alkanes of at least 4 members (excludes halogenated alkanes) is 2. The van der Waals surface area contributed by atoms with Crippen molar-refractivity contribution in [3.8, 4) is 17.3 Å². The molecular formula is C23H24N4O. The molecule has 1 aromatic carbocycles. The van der Waals surface area contributed by atoms with E-state index in [2.05, 4.69) is 31.8 Å². The zero-order valence-corrected chi connectivity index (χ0v) is 16.5. The minimum atomic E-state index is -0.430. The van der Waals surface area contributed by atoms with Gasteiger partial charge in [0.25, 0.3) is 5.91 Å². The van der Waals surface area contributed by atoms with Crippen molar-refractivity contribution >= 4 is 16.8 Å². The molecule has 3 heterocycles. The van der Waals surface area contributed by atoms with Crippen LogP contribution < -0.4 is 0 Å². The Balaban J connectivity index is 1.77. The second-order valence-corrected chi connectivity index (χ2v) is 7.86. The Labute approximate surface area is 165 Å². The van der Waals surface area contributed by atoms with Crippen LogP contribution in [0, 0.1) is 11.3 Å². The Kier molecular flexibility index (Phi) is 4.43. The summed E-state index contributed by atoms with van der Waals surface area (Å²) in [6.45, 7) is 7.06. The largest absolute Gasteiger partial charge is 0.359 e. The van der Waals surface area contributed by atoms with Crippen LogP contribution in [0.3, 0.4) is 0 Å². The monoisotopic (exact) mass is 372 g/mol. The van der Waals surface area contributed by atoms with Crippen molar-refractivity contribution in [2.45, 2.75) is 45.6 Å². The second kappa shape index (κ2) is 6.79. The summed E-state index contributed by atoms with van der Waals surface area (Å²) in [6, 6.07) is 11.7. The predicted octanol–water partition coefficient (Wildman–Crippen LogP) is 4.98. The molecule has 0 radical (unpaired) electrons. The van der Waals surface area contributed by atoms with E-state index in [1.807, 2.05) is 35.4 Å². The topological polar surface area (TPSA) is 72.8 Å². The second-order valence-electron chi connectivity index (χ2n) is 7.86. The minimum Gasteiger partial charge on any atom is -0.359 e. The average molecular weight is 372 g/mol. The molecule has 142 valence electrons. The molecule has 1 aliphatic rings. The van der Waals surface area contributed by atoms with Crippen LogP contribution in [0.1, 0.15) is 61.6 Å². The van der Waals surface area contributed by atoms with E-state index in [1.165, 1.54) is 0 Å². The Morgan fingerprint density at radius 1 is 1.18 bits per heavy atom. The predicted molar refractivity (Wildman–Crippen MR) is 110 cm³/mol. The van der Waals surface area contributed by atoms with Crippen LogP contribution in [0.25, 0.3) is 22.2 Å². The molecule has 0 aliphatic carbocycles. The SMILES string of the molecule is CCCCCN1C(=O)c2ccc(-c3c[nH]c4c(C#N)cccc34)nc2C1(C)C. The number of hydrogen-bond donors (Lipinski definition) is 1. The molecule has 28 heavy (non-hydrogen) atoms. The van der Waals surface area contributed by atoms with Gasteiger partial charge in [0.2, 0.25) is 0 Å². The fourth-order valence-corrected chi connectivity index (χ4v) is 4.14. The summed E-state index contributed by atoms with van der Waals surface area (Å²) in [5.41, 5.74) is 4.29. The van der Waals surface area contributed by atoms with E-state index in [4.69, 9.17) is 4.98 Å². The number of benzene rings is 1. The molecule has 0 atom stereocenters. The molecule has 3 aromatic rings. The number of carbonyl (C=O) groups is 1. The quantitative estimate of drug-likeness (QED) is 0.642. The number of hydrogen-bond acceptors (Lipinski definition) is 3. The van der Waals surface area contributed by atoms with Crippen LogP contribution in [0.2, 0.25) is 0 Å². The first-order chi connectivity index (χ1) is 13.5. The van der Waals surface area contributed by atoms with Gasteiger partial charge in [-0.05, 0) is 38.5 Å². The molecule has 5 nitrogen and oxygen atoms in total. The molecule has 0 saturated heterocycles. The Morgan fingerprint density at radius 2 is 2.00 bits per heavy atom. The van der Waals surface area contributed by atoms with E-state index in [9.17, 15) is 10.1 Å². The summed E-state index contributed by atoms with van der Waals surface area (Å²) in [4.78, 5) is 23.0. The van der Waals surface area contributed by atoms with E-state index in [1.54, 1.807) is 6.07 Å². The maximum Gasteiger partial charge on any atom is 0.256 e. The van der Waals surface area contributed by atoms with Gasteiger partial charge in [0.1, 0.15) is 6.07 Å². The minimum absolute atomic E-state index is 0.0702. The lowest BCUT2D eigenvalue weighted by atomic mass is 9.98. The summed E-state index contributed by atoms with van der Waals surface area (Å²) in [5.74, 6) is 0.0702. The fraction of sp³-hybridized carbons (Fsp3) is 0.348. The number of para-hydroxylation sites is 1. The Morgan fingerprint density at radius 3 is 2.75 bits per heavy atom. The summed E-state index contributed by atoms with van der Waals surface area (Å²) < 4.78 is 0. The number of pyridine rings is 1. The Hall–Kier alpha value is -3.13. The van der Waals surface area contributed by atoms with Crippen LogP contribution in [0.5, 0.6) is 0 Å². The number of rotatable bonds is 5. The van der Waals surface area contributed by atoms with Gasteiger partial charge in [-0.15, -0.1) is 0 Å². The van der Waals surface area contributed by atoms with Crippen molar-refractivity contribution in [3.05, 3.63) is 53.3 Å². The maximum atomic E-state index is 12.9. The van der Waals surface area contributed by atoms with Crippen molar-refractivity contribution in [2.24, 2.45) is 0 Å². The normalized spacial score (nSPS) is 15.1. The Bertz CT molecular complexity index is 1100. The van der Waals surface area contributed by atoms with Gasteiger partial charge >= 0.3 is 0 Å². The van der Waals surface area contributed by atoms with Crippen LogP contribution in [0.4, 0.5) is 0 Å². The van der Waals surface area contributed by atoms with Crippen molar-refractivity contribution in [1.29, 1.82) is 5.26 Å². The zero-order valence-electron chi connectivity index (χ0n) is 16.5. The molecule has 0 bridgehead atoms.